The average Bonchev–Trinajstić information content (AvgIpc) is 3.77. The van der Waals surface area contributed by atoms with E-state index in [-0.39, 0.29) is 29.9 Å². The van der Waals surface area contributed by atoms with Gasteiger partial charge in [0.15, 0.2) is 0 Å². The SMILES string of the molecule is C=C(F)/C=C\C(=C)[C@@H](C)[C@H](c1ccc(N2CCC(CN3CCC(N4Cc5cc6c(cc5C4)C(=O)N(C(C=O)CCC=O)C6)CC3)CC2)cc1)c1ccc(O)cc1C. The zero-order chi connectivity index (χ0) is 40.2. The summed E-state index contributed by atoms with van der Waals surface area (Å²) in [5, 5.41) is 10.1. The molecule has 4 aliphatic heterocycles. The highest BCUT2D eigenvalue weighted by Gasteiger charge is 2.36. The number of likely N-dealkylation sites (tertiary alicyclic amines) is 1. The lowest BCUT2D eigenvalue weighted by molar-refractivity contribution is -0.112. The number of hydrogen-bond donors (Lipinski definition) is 1. The Bertz CT molecular complexity index is 2010. The molecule has 57 heavy (non-hydrogen) atoms. The molecule has 8 nitrogen and oxygen atoms in total. The molecule has 4 aliphatic rings. The van der Waals surface area contributed by atoms with Gasteiger partial charge in [0.25, 0.3) is 5.91 Å². The summed E-state index contributed by atoms with van der Waals surface area (Å²) < 4.78 is 13.5. The maximum Gasteiger partial charge on any atom is 0.255 e. The second kappa shape index (κ2) is 17.7. The van der Waals surface area contributed by atoms with E-state index in [1.165, 1.54) is 35.7 Å². The molecule has 0 spiro atoms. The number of carbonyl (C=O) groups excluding carboxylic acids is 3. The number of halogens is 1. The number of allylic oxidation sites excluding steroid dienone is 4. The normalized spacial score (nSPS) is 19.7. The monoisotopic (exact) mass is 772 g/mol. The minimum Gasteiger partial charge on any atom is -0.508 e. The van der Waals surface area contributed by atoms with Crippen molar-refractivity contribution in [2.24, 2.45) is 11.8 Å². The minimum absolute atomic E-state index is 0.00695. The number of phenolic OH excluding ortho intramolecular Hbond substituents is 1. The van der Waals surface area contributed by atoms with Gasteiger partial charge in [0.05, 0.1) is 6.04 Å². The van der Waals surface area contributed by atoms with Crippen molar-refractivity contribution in [1.82, 2.24) is 14.7 Å². The zero-order valence-corrected chi connectivity index (χ0v) is 33.5. The predicted octanol–water partition coefficient (Wildman–Crippen LogP) is 8.26. The van der Waals surface area contributed by atoms with Crippen molar-refractivity contribution in [3.05, 3.63) is 130 Å². The van der Waals surface area contributed by atoms with E-state index < -0.39 is 11.9 Å². The molecule has 7 rings (SSSR count). The summed E-state index contributed by atoms with van der Waals surface area (Å²) in [5.41, 5.74) is 9.56. The molecule has 9 heteroatoms. The number of anilines is 1. The molecule has 1 unspecified atom stereocenters. The van der Waals surface area contributed by atoms with Crippen LogP contribution in [-0.4, -0.2) is 83.1 Å². The molecule has 0 aliphatic carbocycles. The number of benzene rings is 3. The number of hydrogen-bond acceptors (Lipinski definition) is 7. The maximum absolute atomic E-state index is 13.5. The number of nitrogens with zero attached hydrogens (tertiary/aromatic N) is 4. The van der Waals surface area contributed by atoms with Crippen LogP contribution in [0.25, 0.3) is 0 Å². The Hall–Kier alpha value is -4.86. The third-order valence-electron chi connectivity index (χ3n) is 13.1. The van der Waals surface area contributed by atoms with E-state index in [2.05, 4.69) is 71.2 Å². The van der Waals surface area contributed by atoms with Crippen LogP contribution in [0.1, 0.15) is 95.1 Å². The fourth-order valence-corrected chi connectivity index (χ4v) is 9.74. The molecule has 3 aromatic carbocycles. The first-order valence-electron chi connectivity index (χ1n) is 20.7. The highest BCUT2D eigenvalue weighted by atomic mass is 19.1. The first kappa shape index (κ1) is 40.3. The van der Waals surface area contributed by atoms with Crippen LogP contribution < -0.4 is 4.90 Å². The average molecular weight is 773 g/mol. The molecular formula is C48H57FN4O4. The molecule has 0 bridgehead atoms. The Kier molecular flexibility index (Phi) is 12.6. The van der Waals surface area contributed by atoms with Crippen LogP contribution in [-0.2, 0) is 29.2 Å². The van der Waals surface area contributed by atoms with E-state index in [1.54, 1.807) is 23.1 Å². The molecular weight excluding hydrogens is 716 g/mol. The Balaban J connectivity index is 0.892. The van der Waals surface area contributed by atoms with E-state index >= 15 is 0 Å². The third-order valence-corrected chi connectivity index (χ3v) is 13.1. The van der Waals surface area contributed by atoms with Crippen LogP contribution in [0.4, 0.5) is 10.1 Å². The summed E-state index contributed by atoms with van der Waals surface area (Å²) >= 11 is 0. The number of phenols is 1. The first-order chi connectivity index (χ1) is 27.5. The number of amides is 1. The van der Waals surface area contributed by atoms with Gasteiger partial charge < -0.3 is 29.4 Å². The van der Waals surface area contributed by atoms with Gasteiger partial charge >= 0.3 is 0 Å². The second-order valence-corrected chi connectivity index (χ2v) is 16.8. The lowest BCUT2D eigenvalue weighted by Crippen LogP contribution is -2.45. The van der Waals surface area contributed by atoms with Gasteiger partial charge in [-0.2, -0.15) is 0 Å². The predicted molar refractivity (Wildman–Crippen MR) is 224 cm³/mol. The first-order valence-corrected chi connectivity index (χ1v) is 20.7. The summed E-state index contributed by atoms with van der Waals surface area (Å²) in [6.07, 6.45) is 9.97. The van der Waals surface area contributed by atoms with Crippen LogP contribution in [0.3, 0.4) is 0 Å². The molecule has 0 aromatic heterocycles. The van der Waals surface area contributed by atoms with E-state index in [4.69, 9.17) is 0 Å². The largest absolute Gasteiger partial charge is 0.508 e. The number of piperidine rings is 2. The number of aldehydes is 2. The second-order valence-electron chi connectivity index (χ2n) is 16.8. The van der Waals surface area contributed by atoms with Crippen molar-refractivity contribution in [2.75, 3.05) is 37.6 Å². The van der Waals surface area contributed by atoms with Gasteiger partial charge in [-0.3, -0.25) is 9.69 Å². The lowest BCUT2D eigenvalue weighted by atomic mass is 9.76. The van der Waals surface area contributed by atoms with Crippen LogP contribution in [0.15, 0.2) is 91.3 Å². The molecule has 0 saturated carbocycles. The van der Waals surface area contributed by atoms with Crippen LogP contribution in [0.2, 0.25) is 0 Å². The Morgan fingerprint density at radius 3 is 2.25 bits per heavy atom. The molecule has 3 atom stereocenters. The summed E-state index contributed by atoms with van der Waals surface area (Å²) in [4.78, 5) is 45.2. The topological polar surface area (TPSA) is 84.4 Å². The number of carbonyl (C=O) groups is 3. The molecule has 1 amide bonds. The van der Waals surface area contributed by atoms with Gasteiger partial charge in [0, 0.05) is 68.9 Å². The number of aromatic hydroxyl groups is 1. The zero-order valence-electron chi connectivity index (χ0n) is 33.5. The smallest absolute Gasteiger partial charge is 0.255 e. The summed E-state index contributed by atoms with van der Waals surface area (Å²) in [7, 11) is 0. The fraction of sp³-hybridized carbons (Fsp3) is 0.438. The Morgan fingerprint density at radius 2 is 1.60 bits per heavy atom. The highest BCUT2D eigenvalue weighted by molar-refractivity contribution is 6.00. The summed E-state index contributed by atoms with van der Waals surface area (Å²) in [6.45, 7) is 19.4. The molecule has 0 radical (unpaired) electrons. The highest BCUT2D eigenvalue weighted by Crippen LogP contribution is 2.40. The van der Waals surface area contributed by atoms with Crippen molar-refractivity contribution in [2.45, 2.75) is 90.0 Å². The van der Waals surface area contributed by atoms with Crippen molar-refractivity contribution >= 4 is 24.2 Å². The third kappa shape index (κ3) is 9.00. The quantitative estimate of drug-likeness (QED) is 0.123. The number of fused-ring (bicyclic) bond motifs is 2. The van der Waals surface area contributed by atoms with Gasteiger partial charge in [-0.05, 0) is 134 Å². The molecule has 4 heterocycles. The lowest BCUT2D eigenvalue weighted by Gasteiger charge is -2.40. The summed E-state index contributed by atoms with van der Waals surface area (Å²) in [5.74, 6) is 0.317. The number of aryl methyl sites for hydroxylation is 1. The van der Waals surface area contributed by atoms with Gasteiger partial charge in [0.1, 0.15) is 24.1 Å². The van der Waals surface area contributed by atoms with E-state index in [9.17, 15) is 23.9 Å². The van der Waals surface area contributed by atoms with Crippen LogP contribution >= 0.6 is 0 Å². The van der Waals surface area contributed by atoms with Crippen LogP contribution in [0, 0.1) is 18.8 Å². The minimum atomic E-state index is -0.554. The fourth-order valence-electron chi connectivity index (χ4n) is 9.74. The van der Waals surface area contributed by atoms with Gasteiger partial charge in [0.2, 0.25) is 0 Å². The Labute approximate surface area is 337 Å². The van der Waals surface area contributed by atoms with Crippen molar-refractivity contribution in [1.29, 1.82) is 0 Å². The number of rotatable bonds is 15. The molecule has 2 fully saturated rings. The van der Waals surface area contributed by atoms with Gasteiger partial charge in [-0.1, -0.05) is 56.0 Å². The van der Waals surface area contributed by atoms with Crippen molar-refractivity contribution in [3.63, 3.8) is 0 Å². The van der Waals surface area contributed by atoms with Gasteiger partial charge in [-0.15, -0.1) is 0 Å². The molecule has 300 valence electrons. The Morgan fingerprint density at radius 1 is 0.895 bits per heavy atom. The molecule has 1 N–H and O–H groups in total. The van der Waals surface area contributed by atoms with Crippen LogP contribution in [0.5, 0.6) is 5.75 Å². The van der Waals surface area contributed by atoms with E-state index in [1.807, 2.05) is 13.0 Å². The standard InChI is InChI=1S/C48H57FN4O4/c1-32(7-8-34(3)49)35(4)47(45-14-13-44(56)24-33(45)2)37-9-11-41(12-10-37)51-21-15-36(16-22-51)27-50-19-17-42(18-20-50)52-28-38-25-40-30-53(43(31-55)6-5-23-54)48(57)46(40)26-39(38)29-52/h7-14,23-26,31,35-36,42-43,47,56H,1,3,5-6,15-22,27-30H2,2,4H3/b8-7-/t35-,43?,47-/m1/s1. The van der Waals surface area contributed by atoms with Crippen molar-refractivity contribution < 1.29 is 23.9 Å². The molecule has 2 saturated heterocycles. The van der Waals surface area contributed by atoms with Gasteiger partial charge in [-0.25, -0.2) is 4.39 Å². The maximum atomic E-state index is 13.5. The van der Waals surface area contributed by atoms with E-state index in [0.717, 1.165) is 99.1 Å². The molecule has 3 aromatic rings. The van der Waals surface area contributed by atoms with E-state index in [0.29, 0.717) is 30.5 Å². The van der Waals surface area contributed by atoms with Crippen molar-refractivity contribution in [3.8, 4) is 5.75 Å². The summed E-state index contributed by atoms with van der Waals surface area (Å²) in [6, 6.07) is 18.6.